The van der Waals surface area contributed by atoms with E-state index < -0.39 is 0 Å². The first-order valence-corrected chi connectivity index (χ1v) is 8.54. The molecular weight excluding hydrogens is 318 g/mol. The standard InChI is InChI=1S/C18H23N5O2/c1-13(14-3-5-16-15(11-14)4-6-17(24)22-16)21-18(25)20-7-2-9-23-10-8-19-12-23/h3,5,8,10-13H,2,4,6-7,9H2,1H3,(H,22,24)(H2,20,21,25)/t13-/m0/s1. The minimum atomic E-state index is -0.177. The third-order valence-electron chi connectivity index (χ3n) is 4.31. The summed E-state index contributed by atoms with van der Waals surface area (Å²) in [6, 6.07) is 5.62. The van der Waals surface area contributed by atoms with Crippen molar-refractivity contribution in [2.75, 3.05) is 11.9 Å². The van der Waals surface area contributed by atoms with Gasteiger partial charge in [-0.05, 0) is 37.0 Å². The van der Waals surface area contributed by atoms with Crippen molar-refractivity contribution in [3.05, 3.63) is 48.0 Å². The molecule has 0 aliphatic carbocycles. The van der Waals surface area contributed by atoms with E-state index in [0.717, 1.165) is 36.2 Å². The van der Waals surface area contributed by atoms with Crippen molar-refractivity contribution in [3.8, 4) is 0 Å². The number of nitrogens with zero attached hydrogens (tertiary/aromatic N) is 2. The molecule has 1 atom stereocenters. The molecule has 0 unspecified atom stereocenters. The summed E-state index contributed by atoms with van der Waals surface area (Å²) in [5, 5.41) is 8.69. The molecule has 0 saturated carbocycles. The van der Waals surface area contributed by atoms with Gasteiger partial charge >= 0.3 is 6.03 Å². The van der Waals surface area contributed by atoms with Gasteiger partial charge in [0.05, 0.1) is 12.4 Å². The van der Waals surface area contributed by atoms with Gasteiger partial charge in [-0.15, -0.1) is 0 Å². The quantitative estimate of drug-likeness (QED) is 0.704. The fourth-order valence-corrected chi connectivity index (χ4v) is 2.89. The normalized spacial score (nSPS) is 14.4. The Morgan fingerprint density at radius 3 is 3.08 bits per heavy atom. The number of hydrogen-bond donors (Lipinski definition) is 3. The molecular formula is C18H23N5O2. The van der Waals surface area contributed by atoms with Crippen molar-refractivity contribution in [1.82, 2.24) is 20.2 Å². The first kappa shape index (κ1) is 17.0. The summed E-state index contributed by atoms with van der Waals surface area (Å²) in [6.07, 6.45) is 7.50. The van der Waals surface area contributed by atoms with Gasteiger partial charge in [0, 0.05) is 37.6 Å². The van der Waals surface area contributed by atoms with Crippen LogP contribution in [-0.2, 0) is 17.8 Å². The lowest BCUT2D eigenvalue weighted by Crippen LogP contribution is -2.37. The lowest BCUT2D eigenvalue weighted by Gasteiger charge is -2.20. The summed E-state index contributed by atoms with van der Waals surface area (Å²) in [4.78, 5) is 27.4. The van der Waals surface area contributed by atoms with Gasteiger partial charge in [0.2, 0.25) is 5.91 Å². The number of fused-ring (bicyclic) bond motifs is 1. The smallest absolute Gasteiger partial charge is 0.315 e. The molecule has 0 saturated heterocycles. The van der Waals surface area contributed by atoms with Crippen LogP contribution in [0.1, 0.15) is 36.9 Å². The number of amides is 3. The van der Waals surface area contributed by atoms with Crippen molar-refractivity contribution in [2.24, 2.45) is 0 Å². The predicted octanol–water partition coefficient (Wildman–Crippen LogP) is 2.22. The Morgan fingerprint density at radius 1 is 1.40 bits per heavy atom. The van der Waals surface area contributed by atoms with Gasteiger partial charge in [-0.3, -0.25) is 4.79 Å². The van der Waals surface area contributed by atoms with Crippen LogP contribution in [0.2, 0.25) is 0 Å². The molecule has 3 N–H and O–H groups in total. The molecule has 1 aromatic heterocycles. The highest BCUT2D eigenvalue weighted by atomic mass is 16.2. The van der Waals surface area contributed by atoms with Crippen molar-refractivity contribution in [3.63, 3.8) is 0 Å². The van der Waals surface area contributed by atoms with E-state index in [4.69, 9.17) is 0 Å². The fraction of sp³-hybridized carbons (Fsp3) is 0.389. The van der Waals surface area contributed by atoms with Gasteiger partial charge in [-0.1, -0.05) is 12.1 Å². The number of aromatic nitrogens is 2. The maximum atomic E-state index is 12.0. The number of urea groups is 1. The largest absolute Gasteiger partial charge is 0.338 e. The highest BCUT2D eigenvalue weighted by Crippen LogP contribution is 2.26. The number of nitrogens with one attached hydrogen (secondary N) is 3. The molecule has 0 spiro atoms. The average Bonchev–Trinajstić information content (AvgIpc) is 3.11. The molecule has 1 aliphatic rings. The monoisotopic (exact) mass is 341 g/mol. The van der Waals surface area contributed by atoms with E-state index in [9.17, 15) is 9.59 Å². The molecule has 2 heterocycles. The van der Waals surface area contributed by atoms with E-state index in [1.54, 1.807) is 12.5 Å². The van der Waals surface area contributed by atoms with Crippen LogP contribution >= 0.6 is 0 Å². The Hall–Kier alpha value is -2.83. The lowest BCUT2D eigenvalue weighted by molar-refractivity contribution is -0.116. The third kappa shape index (κ3) is 4.59. The Kier molecular flexibility index (Phi) is 5.33. The van der Waals surface area contributed by atoms with E-state index in [2.05, 4.69) is 27.0 Å². The van der Waals surface area contributed by atoms with Crippen LogP contribution in [0, 0.1) is 0 Å². The van der Waals surface area contributed by atoms with E-state index in [1.807, 2.05) is 29.8 Å². The zero-order chi connectivity index (χ0) is 17.6. The first-order chi connectivity index (χ1) is 12.1. The number of aryl methyl sites for hydroxylation is 2. The third-order valence-corrected chi connectivity index (χ3v) is 4.31. The van der Waals surface area contributed by atoms with Crippen LogP contribution in [-0.4, -0.2) is 28.0 Å². The SMILES string of the molecule is C[C@H](NC(=O)NCCCn1ccnc1)c1ccc2c(c1)CCC(=O)N2. The van der Waals surface area contributed by atoms with Gasteiger partial charge in [0.15, 0.2) is 0 Å². The highest BCUT2D eigenvalue weighted by molar-refractivity contribution is 5.93. The number of carbonyl (C=O) groups is 2. The Morgan fingerprint density at radius 2 is 2.28 bits per heavy atom. The summed E-state index contributed by atoms with van der Waals surface area (Å²) in [6.45, 7) is 3.38. The van der Waals surface area contributed by atoms with Gasteiger partial charge in [0.25, 0.3) is 0 Å². The second-order valence-electron chi connectivity index (χ2n) is 6.24. The van der Waals surface area contributed by atoms with Gasteiger partial charge in [-0.2, -0.15) is 0 Å². The average molecular weight is 341 g/mol. The van der Waals surface area contributed by atoms with Crippen molar-refractivity contribution in [1.29, 1.82) is 0 Å². The molecule has 25 heavy (non-hydrogen) atoms. The second-order valence-corrected chi connectivity index (χ2v) is 6.24. The zero-order valence-electron chi connectivity index (χ0n) is 14.3. The number of benzene rings is 1. The maximum Gasteiger partial charge on any atom is 0.315 e. The van der Waals surface area contributed by atoms with Gasteiger partial charge in [0.1, 0.15) is 0 Å². The summed E-state index contributed by atoms with van der Waals surface area (Å²) in [5.41, 5.74) is 3.02. The lowest BCUT2D eigenvalue weighted by atomic mass is 9.98. The second kappa shape index (κ2) is 7.83. The molecule has 3 rings (SSSR count). The van der Waals surface area contributed by atoms with Crippen molar-refractivity contribution >= 4 is 17.6 Å². The Bertz CT molecular complexity index is 742. The van der Waals surface area contributed by atoms with Crippen molar-refractivity contribution < 1.29 is 9.59 Å². The first-order valence-electron chi connectivity index (χ1n) is 8.54. The molecule has 3 amide bonds. The molecule has 0 bridgehead atoms. The Labute approximate surface area is 146 Å². The van der Waals surface area contributed by atoms with E-state index in [1.165, 1.54) is 0 Å². The van der Waals surface area contributed by atoms with Crippen LogP contribution in [0.3, 0.4) is 0 Å². The maximum absolute atomic E-state index is 12.0. The van der Waals surface area contributed by atoms with Crippen molar-refractivity contribution in [2.45, 2.75) is 38.8 Å². The summed E-state index contributed by atoms with van der Waals surface area (Å²) in [5.74, 6) is 0.0569. The molecule has 132 valence electrons. The van der Waals surface area contributed by atoms with E-state index in [0.29, 0.717) is 13.0 Å². The summed E-state index contributed by atoms with van der Waals surface area (Å²) >= 11 is 0. The van der Waals surface area contributed by atoms with E-state index >= 15 is 0 Å². The van der Waals surface area contributed by atoms with Crippen LogP contribution in [0.25, 0.3) is 0 Å². The molecule has 1 aliphatic heterocycles. The number of hydrogen-bond acceptors (Lipinski definition) is 3. The molecule has 0 radical (unpaired) electrons. The molecule has 7 heteroatoms. The number of carbonyl (C=O) groups excluding carboxylic acids is 2. The Balaban J connectivity index is 1.45. The summed E-state index contributed by atoms with van der Waals surface area (Å²) < 4.78 is 1.98. The zero-order valence-corrected chi connectivity index (χ0v) is 14.3. The minimum Gasteiger partial charge on any atom is -0.338 e. The number of anilines is 1. The predicted molar refractivity (Wildman–Crippen MR) is 95.2 cm³/mol. The van der Waals surface area contributed by atoms with Crippen LogP contribution in [0.4, 0.5) is 10.5 Å². The fourth-order valence-electron chi connectivity index (χ4n) is 2.89. The van der Waals surface area contributed by atoms with Crippen LogP contribution in [0.15, 0.2) is 36.9 Å². The van der Waals surface area contributed by atoms with E-state index in [-0.39, 0.29) is 18.0 Å². The number of rotatable bonds is 6. The van der Waals surface area contributed by atoms with Crippen LogP contribution in [0.5, 0.6) is 0 Å². The topological polar surface area (TPSA) is 88.1 Å². The summed E-state index contributed by atoms with van der Waals surface area (Å²) in [7, 11) is 0. The number of imidazole rings is 1. The molecule has 2 aromatic rings. The minimum absolute atomic E-state index is 0.0569. The van der Waals surface area contributed by atoms with Crippen LogP contribution < -0.4 is 16.0 Å². The molecule has 0 fully saturated rings. The van der Waals surface area contributed by atoms with Gasteiger partial charge < -0.3 is 20.5 Å². The molecule has 1 aromatic carbocycles. The van der Waals surface area contributed by atoms with Gasteiger partial charge in [-0.25, -0.2) is 9.78 Å². The highest BCUT2D eigenvalue weighted by Gasteiger charge is 2.17. The molecule has 7 nitrogen and oxygen atoms in total.